The molecule has 0 radical (unpaired) electrons. The van der Waals surface area contributed by atoms with E-state index in [1.165, 1.54) is 16.3 Å². The van der Waals surface area contributed by atoms with Crippen LogP contribution >= 0.6 is 11.3 Å². The number of nitrogens with zero attached hydrogens (tertiary/aromatic N) is 1. The Morgan fingerprint density at radius 1 is 1.50 bits per heavy atom. The zero-order valence-corrected chi connectivity index (χ0v) is 9.52. The Bertz CT molecular complexity index is 295. The van der Waals surface area contributed by atoms with E-state index in [4.69, 9.17) is 5.73 Å². The molecule has 0 aromatic carbocycles. The molecule has 0 spiro atoms. The Morgan fingerprint density at radius 2 is 2.29 bits per heavy atom. The van der Waals surface area contributed by atoms with Gasteiger partial charge in [-0.2, -0.15) is 0 Å². The highest BCUT2D eigenvalue weighted by Crippen LogP contribution is 2.20. The van der Waals surface area contributed by atoms with Gasteiger partial charge in [0.15, 0.2) is 0 Å². The Hall–Kier alpha value is -0.380. The van der Waals surface area contributed by atoms with E-state index in [0.29, 0.717) is 6.04 Å². The maximum absolute atomic E-state index is 5.87. The van der Waals surface area contributed by atoms with Gasteiger partial charge in [0.1, 0.15) is 0 Å². The molecule has 1 saturated heterocycles. The minimum atomic E-state index is 0.403. The summed E-state index contributed by atoms with van der Waals surface area (Å²) < 4.78 is 0. The molecule has 0 saturated carbocycles. The normalized spacial score (nSPS) is 23.1. The second-order valence-corrected chi connectivity index (χ2v) is 5.26. The minimum Gasteiger partial charge on any atom is -0.326 e. The van der Waals surface area contributed by atoms with Crippen molar-refractivity contribution in [3.05, 3.63) is 21.9 Å². The first kappa shape index (κ1) is 10.1. The van der Waals surface area contributed by atoms with Gasteiger partial charge >= 0.3 is 0 Å². The molecule has 2 nitrogen and oxygen atoms in total. The van der Waals surface area contributed by atoms with E-state index in [2.05, 4.69) is 24.0 Å². The van der Waals surface area contributed by atoms with Crippen molar-refractivity contribution in [2.75, 3.05) is 13.1 Å². The number of thiophene rings is 1. The Balaban J connectivity index is 1.90. The molecule has 2 N–H and O–H groups in total. The molecule has 0 aliphatic carbocycles. The van der Waals surface area contributed by atoms with Crippen LogP contribution in [-0.4, -0.2) is 24.0 Å². The zero-order valence-electron chi connectivity index (χ0n) is 8.70. The molecule has 78 valence electrons. The molecular weight excluding hydrogens is 192 g/mol. The summed E-state index contributed by atoms with van der Waals surface area (Å²) in [6.45, 7) is 5.54. The molecule has 3 heteroatoms. The van der Waals surface area contributed by atoms with Crippen molar-refractivity contribution in [1.29, 1.82) is 0 Å². The molecule has 1 atom stereocenters. The Morgan fingerprint density at radius 3 is 2.86 bits per heavy atom. The summed E-state index contributed by atoms with van der Waals surface area (Å²) in [6, 6.07) is 4.91. The molecule has 2 heterocycles. The summed E-state index contributed by atoms with van der Waals surface area (Å²) >= 11 is 1.94. The van der Waals surface area contributed by atoms with Gasteiger partial charge in [0.2, 0.25) is 0 Å². The fourth-order valence-corrected chi connectivity index (χ4v) is 2.92. The van der Waals surface area contributed by atoms with E-state index < -0.39 is 0 Å². The maximum atomic E-state index is 5.87. The molecule has 1 aromatic rings. The van der Waals surface area contributed by atoms with E-state index in [9.17, 15) is 0 Å². The second-order valence-electron chi connectivity index (χ2n) is 4.01. The van der Waals surface area contributed by atoms with Crippen molar-refractivity contribution >= 4 is 11.3 Å². The smallest absolute Gasteiger partial charge is 0.0328 e. The topological polar surface area (TPSA) is 29.3 Å². The Labute approximate surface area is 89.7 Å². The van der Waals surface area contributed by atoms with Gasteiger partial charge < -0.3 is 5.73 Å². The number of hydrogen-bond acceptors (Lipinski definition) is 3. The fraction of sp³-hybridized carbons (Fsp3) is 0.636. The second kappa shape index (κ2) is 4.43. The van der Waals surface area contributed by atoms with Crippen LogP contribution in [0.25, 0.3) is 0 Å². The van der Waals surface area contributed by atoms with Gasteiger partial charge in [-0.25, -0.2) is 0 Å². The van der Waals surface area contributed by atoms with Gasteiger partial charge in [0, 0.05) is 35.4 Å². The first-order valence-electron chi connectivity index (χ1n) is 5.33. The summed E-state index contributed by atoms with van der Waals surface area (Å²) in [5, 5.41) is 0. The van der Waals surface area contributed by atoms with Gasteiger partial charge in [-0.3, -0.25) is 4.90 Å². The Kier molecular flexibility index (Phi) is 3.21. The van der Waals surface area contributed by atoms with Gasteiger partial charge in [-0.05, 0) is 25.0 Å². The van der Waals surface area contributed by atoms with Crippen LogP contribution in [0.15, 0.2) is 12.1 Å². The third kappa shape index (κ3) is 2.35. The summed E-state index contributed by atoms with van der Waals surface area (Å²) in [7, 11) is 0. The lowest BCUT2D eigenvalue weighted by Gasteiger charge is -2.13. The number of hydrogen-bond donors (Lipinski definition) is 1. The summed E-state index contributed by atoms with van der Waals surface area (Å²) in [4.78, 5) is 5.43. The summed E-state index contributed by atoms with van der Waals surface area (Å²) in [5.74, 6) is 0. The molecule has 2 rings (SSSR count). The van der Waals surface area contributed by atoms with Crippen molar-refractivity contribution in [3.63, 3.8) is 0 Å². The van der Waals surface area contributed by atoms with Gasteiger partial charge in [-0.1, -0.05) is 6.92 Å². The number of aryl methyl sites for hydroxylation is 1. The van der Waals surface area contributed by atoms with Gasteiger partial charge in [-0.15, -0.1) is 11.3 Å². The van der Waals surface area contributed by atoms with Crippen LogP contribution in [0, 0.1) is 0 Å². The molecule has 1 aliphatic heterocycles. The molecule has 0 bridgehead atoms. The van der Waals surface area contributed by atoms with Gasteiger partial charge in [0.05, 0.1) is 0 Å². The highest BCUT2D eigenvalue weighted by Gasteiger charge is 2.19. The van der Waals surface area contributed by atoms with Crippen molar-refractivity contribution in [1.82, 2.24) is 4.90 Å². The van der Waals surface area contributed by atoms with E-state index in [-0.39, 0.29) is 0 Å². The monoisotopic (exact) mass is 210 g/mol. The maximum Gasteiger partial charge on any atom is 0.0328 e. The van der Waals surface area contributed by atoms with Crippen LogP contribution in [-0.2, 0) is 13.0 Å². The summed E-state index contributed by atoms with van der Waals surface area (Å²) in [5.41, 5.74) is 5.87. The van der Waals surface area contributed by atoms with Crippen molar-refractivity contribution < 1.29 is 0 Å². The number of rotatable bonds is 3. The zero-order chi connectivity index (χ0) is 9.97. The van der Waals surface area contributed by atoms with Crippen LogP contribution in [0.5, 0.6) is 0 Å². The fourth-order valence-electron chi connectivity index (χ4n) is 1.92. The molecule has 1 aromatic heterocycles. The lowest BCUT2D eigenvalue weighted by atomic mass is 10.3. The molecule has 1 aliphatic rings. The summed E-state index contributed by atoms with van der Waals surface area (Å²) in [6.07, 6.45) is 2.32. The predicted molar refractivity (Wildman–Crippen MR) is 61.6 cm³/mol. The van der Waals surface area contributed by atoms with Crippen LogP contribution in [0.2, 0.25) is 0 Å². The highest BCUT2D eigenvalue weighted by atomic mass is 32.1. The van der Waals surface area contributed by atoms with E-state index in [0.717, 1.165) is 25.9 Å². The van der Waals surface area contributed by atoms with Crippen LogP contribution < -0.4 is 5.73 Å². The largest absolute Gasteiger partial charge is 0.326 e. The van der Waals surface area contributed by atoms with Crippen LogP contribution in [0.4, 0.5) is 0 Å². The molecule has 0 amide bonds. The lowest BCUT2D eigenvalue weighted by Crippen LogP contribution is -2.25. The van der Waals surface area contributed by atoms with Crippen LogP contribution in [0.1, 0.15) is 23.1 Å². The molecule has 0 unspecified atom stereocenters. The standard InChI is InChI=1S/C11H18N2S/c1-2-10-3-4-11(14-10)8-13-6-5-9(12)7-13/h3-4,9H,2,5-8,12H2,1H3/t9-/m1/s1. The predicted octanol–water partition coefficient (Wildman–Crippen LogP) is 1.84. The average molecular weight is 210 g/mol. The van der Waals surface area contributed by atoms with E-state index in [1.54, 1.807) is 0 Å². The first-order chi connectivity index (χ1) is 6.78. The van der Waals surface area contributed by atoms with Crippen LogP contribution in [0.3, 0.4) is 0 Å². The van der Waals surface area contributed by atoms with Crippen molar-refractivity contribution in [3.8, 4) is 0 Å². The van der Waals surface area contributed by atoms with Crippen molar-refractivity contribution in [2.45, 2.75) is 32.4 Å². The minimum absolute atomic E-state index is 0.403. The molecule has 14 heavy (non-hydrogen) atoms. The molecule has 1 fully saturated rings. The first-order valence-corrected chi connectivity index (χ1v) is 6.15. The third-order valence-corrected chi connectivity index (χ3v) is 3.97. The van der Waals surface area contributed by atoms with Gasteiger partial charge in [0.25, 0.3) is 0 Å². The highest BCUT2D eigenvalue weighted by molar-refractivity contribution is 7.11. The van der Waals surface area contributed by atoms with E-state index in [1.807, 2.05) is 11.3 Å². The lowest BCUT2D eigenvalue weighted by molar-refractivity contribution is 0.330. The molecular formula is C11H18N2S. The number of likely N-dealkylation sites (tertiary alicyclic amines) is 1. The number of nitrogens with two attached hydrogens (primary N) is 1. The van der Waals surface area contributed by atoms with Crippen molar-refractivity contribution in [2.24, 2.45) is 5.73 Å². The van der Waals surface area contributed by atoms with E-state index >= 15 is 0 Å². The quantitative estimate of drug-likeness (QED) is 0.825. The SMILES string of the molecule is CCc1ccc(CN2CC[C@@H](N)C2)s1. The average Bonchev–Trinajstić information content (AvgIpc) is 2.76. The third-order valence-electron chi connectivity index (χ3n) is 2.75.